The number of fused-ring (bicyclic) bond motifs is 2. The maximum absolute atomic E-state index is 12.5. The fourth-order valence-corrected chi connectivity index (χ4v) is 6.14. The molecule has 1 aliphatic heterocycles. The minimum Gasteiger partial charge on any atom is -0.423 e. The molecular weight excluding hydrogens is 536 g/mol. The smallest absolute Gasteiger partial charge is 0.300 e. The lowest BCUT2D eigenvalue weighted by molar-refractivity contribution is 0.105. The van der Waals surface area contributed by atoms with Crippen molar-refractivity contribution in [3.05, 3.63) is 65.7 Å². The first-order valence-electron chi connectivity index (χ1n) is 12.9. The fourth-order valence-electron chi connectivity index (χ4n) is 5.46. The van der Waals surface area contributed by atoms with E-state index < -0.39 is 9.84 Å². The predicted molar refractivity (Wildman–Crippen MR) is 157 cm³/mol. The van der Waals surface area contributed by atoms with E-state index in [1.165, 1.54) is 17.4 Å². The van der Waals surface area contributed by atoms with Crippen LogP contribution in [0.15, 0.2) is 63.9 Å². The molecule has 1 unspecified atom stereocenters. The van der Waals surface area contributed by atoms with Crippen molar-refractivity contribution in [3.8, 4) is 11.1 Å². The highest BCUT2D eigenvalue weighted by atomic mass is 35.5. The van der Waals surface area contributed by atoms with Crippen LogP contribution in [0.25, 0.3) is 22.2 Å². The van der Waals surface area contributed by atoms with Gasteiger partial charge in [-0.3, -0.25) is 0 Å². The van der Waals surface area contributed by atoms with Crippen LogP contribution in [0.3, 0.4) is 0 Å². The number of anilines is 3. The Hall–Kier alpha value is -3.11. The molecule has 8 nitrogen and oxygen atoms in total. The second-order valence-corrected chi connectivity index (χ2v) is 12.3. The molecule has 1 fully saturated rings. The lowest BCUT2D eigenvalue weighted by atomic mass is 9.99. The Morgan fingerprint density at radius 2 is 1.85 bits per heavy atom. The molecule has 206 valence electrons. The summed E-state index contributed by atoms with van der Waals surface area (Å²) in [7, 11) is 0.451. The van der Waals surface area contributed by atoms with E-state index in [-0.39, 0.29) is 23.4 Å². The highest BCUT2D eigenvalue weighted by molar-refractivity contribution is 7.90. The number of ether oxygens (including phenoxy) is 1. The second kappa shape index (κ2) is 10.8. The van der Waals surface area contributed by atoms with Crippen molar-refractivity contribution in [1.82, 2.24) is 9.88 Å². The van der Waals surface area contributed by atoms with Crippen LogP contribution in [-0.2, 0) is 21.0 Å². The molecule has 0 saturated carbocycles. The summed E-state index contributed by atoms with van der Waals surface area (Å²) in [5, 5.41) is 3.23. The van der Waals surface area contributed by atoms with Crippen LogP contribution in [0.2, 0.25) is 0 Å². The Kier molecular flexibility index (Phi) is 7.61. The van der Waals surface area contributed by atoms with Crippen molar-refractivity contribution >= 4 is 50.7 Å². The van der Waals surface area contributed by atoms with Crippen molar-refractivity contribution in [3.63, 3.8) is 0 Å². The summed E-state index contributed by atoms with van der Waals surface area (Å²) >= 11 is 0. The number of piperazine rings is 1. The zero-order chi connectivity index (χ0) is 26.4. The van der Waals surface area contributed by atoms with Gasteiger partial charge in [-0.15, -0.1) is 12.4 Å². The Balaban J connectivity index is 0.00000308. The molecule has 6 rings (SSSR count). The van der Waals surface area contributed by atoms with Gasteiger partial charge in [-0.25, -0.2) is 8.42 Å². The Morgan fingerprint density at radius 1 is 1.05 bits per heavy atom. The lowest BCUT2D eigenvalue weighted by Gasteiger charge is -2.34. The summed E-state index contributed by atoms with van der Waals surface area (Å²) in [6, 6.07) is 18.1. The van der Waals surface area contributed by atoms with E-state index in [0.717, 1.165) is 61.4 Å². The zero-order valence-electron chi connectivity index (χ0n) is 22.3. The standard InChI is InChI=1S/C29H32N4O4S.ClH/c1-32-11-13-33(14-12-32)22-16-21(17-23(18-22)38(3,34)35)30-29-31-26-6-4-5-25(28(26)37-29)20-7-9-24-19(15-20)8-10-27(24)36-2;/h4-7,9,15-18,27H,8,10-14H2,1-3H3,(H,30,31);1H. The largest absolute Gasteiger partial charge is 0.423 e. The molecule has 1 aliphatic carbocycles. The van der Waals surface area contributed by atoms with Crippen LogP contribution in [0, 0.1) is 0 Å². The SMILES string of the molecule is COC1CCc2cc(-c3cccc4nc(Nc5cc(N6CCN(C)CC6)cc(S(C)(=O)=O)c5)oc34)ccc21.Cl. The molecular formula is C29H33ClN4O4S. The zero-order valence-corrected chi connectivity index (χ0v) is 23.9. The van der Waals surface area contributed by atoms with E-state index in [1.807, 2.05) is 24.3 Å². The number of methoxy groups -OCH3 is 1. The number of halogens is 1. The number of likely N-dealkylation sites (N-methyl/N-ethyl adjacent to an activating group) is 1. The van der Waals surface area contributed by atoms with E-state index in [4.69, 9.17) is 9.15 Å². The summed E-state index contributed by atoms with van der Waals surface area (Å²) in [6.07, 6.45) is 3.39. The van der Waals surface area contributed by atoms with Crippen LogP contribution >= 0.6 is 12.4 Å². The van der Waals surface area contributed by atoms with Gasteiger partial charge in [-0.1, -0.05) is 30.3 Å². The van der Waals surface area contributed by atoms with Crippen LogP contribution in [0.4, 0.5) is 17.4 Å². The minimum atomic E-state index is -3.40. The normalized spacial score (nSPS) is 17.7. The van der Waals surface area contributed by atoms with Crippen molar-refractivity contribution in [1.29, 1.82) is 0 Å². The topological polar surface area (TPSA) is 87.9 Å². The third kappa shape index (κ3) is 5.49. The number of nitrogens with one attached hydrogen (secondary N) is 1. The van der Waals surface area contributed by atoms with Crippen LogP contribution < -0.4 is 10.2 Å². The third-order valence-electron chi connectivity index (χ3n) is 7.62. The van der Waals surface area contributed by atoms with Crippen molar-refractivity contribution in [2.24, 2.45) is 0 Å². The molecule has 10 heteroatoms. The number of hydrogen-bond acceptors (Lipinski definition) is 8. The molecule has 0 radical (unpaired) electrons. The maximum atomic E-state index is 12.5. The molecule has 2 aliphatic rings. The van der Waals surface area contributed by atoms with Gasteiger partial charge in [0.1, 0.15) is 5.52 Å². The van der Waals surface area contributed by atoms with Gasteiger partial charge in [0.15, 0.2) is 15.4 Å². The molecule has 0 bridgehead atoms. The molecule has 0 amide bonds. The summed E-state index contributed by atoms with van der Waals surface area (Å²) in [6.45, 7) is 3.52. The molecule has 1 saturated heterocycles. The highest BCUT2D eigenvalue weighted by Gasteiger charge is 2.23. The molecule has 1 aromatic heterocycles. The van der Waals surface area contributed by atoms with Crippen molar-refractivity contribution in [2.75, 3.05) is 56.8 Å². The quantitative estimate of drug-likeness (QED) is 0.328. The number of para-hydroxylation sites is 1. The first kappa shape index (κ1) is 27.5. The Labute approximate surface area is 235 Å². The fraction of sp³-hybridized carbons (Fsp3) is 0.345. The number of aryl methyl sites for hydroxylation is 1. The average Bonchev–Trinajstić information content (AvgIpc) is 3.51. The van der Waals surface area contributed by atoms with Gasteiger partial charge >= 0.3 is 0 Å². The number of rotatable bonds is 6. The maximum Gasteiger partial charge on any atom is 0.300 e. The highest BCUT2D eigenvalue weighted by Crippen LogP contribution is 2.38. The monoisotopic (exact) mass is 568 g/mol. The number of aromatic nitrogens is 1. The number of sulfone groups is 1. The van der Waals surface area contributed by atoms with E-state index in [2.05, 4.69) is 45.3 Å². The summed E-state index contributed by atoms with van der Waals surface area (Å²) in [4.78, 5) is 9.41. The first-order valence-corrected chi connectivity index (χ1v) is 14.8. The van der Waals surface area contributed by atoms with Gasteiger partial charge in [0.2, 0.25) is 0 Å². The number of nitrogens with zero attached hydrogens (tertiary/aromatic N) is 3. The van der Waals surface area contributed by atoms with Crippen LogP contribution in [-0.4, -0.2) is 64.9 Å². The van der Waals surface area contributed by atoms with Crippen molar-refractivity contribution in [2.45, 2.75) is 23.8 Å². The van der Waals surface area contributed by atoms with Gasteiger partial charge in [-0.2, -0.15) is 4.98 Å². The first-order chi connectivity index (χ1) is 18.3. The van der Waals surface area contributed by atoms with E-state index in [1.54, 1.807) is 19.2 Å². The molecule has 4 aromatic rings. The molecule has 1 N–H and O–H groups in total. The molecule has 1 atom stereocenters. The molecule has 3 aromatic carbocycles. The summed E-state index contributed by atoms with van der Waals surface area (Å²) < 4.78 is 36.8. The van der Waals surface area contributed by atoms with Crippen LogP contribution in [0.1, 0.15) is 23.7 Å². The third-order valence-corrected chi connectivity index (χ3v) is 8.71. The van der Waals surface area contributed by atoms with E-state index in [0.29, 0.717) is 17.3 Å². The van der Waals surface area contributed by atoms with Gasteiger partial charge in [0.25, 0.3) is 6.01 Å². The van der Waals surface area contributed by atoms with Crippen molar-refractivity contribution < 1.29 is 17.6 Å². The Bertz CT molecular complexity index is 1610. The average molecular weight is 569 g/mol. The summed E-state index contributed by atoms with van der Waals surface area (Å²) in [5.74, 6) is 0. The number of benzene rings is 3. The lowest BCUT2D eigenvalue weighted by Crippen LogP contribution is -2.44. The predicted octanol–water partition coefficient (Wildman–Crippen LogP) is 5.45. The van der Waals surface area contributed by atoms with Gasteiger partial charge in [0, 0.05) is 56.5 Å². The Morgan fingerprint density at radius 3 is 2.59 bits per heavy atom. The summed E-state index contributed by atoms with van der Waals surface area (Å²) in [5.41, 5.74) is 7.52. The van der Waals surface area contributed by atoms with Gasteiger partial charge < -0.3 is 24.3 Å². The van der Waals surface area contributed by atoms with E-state index >= 15 is 0 Å². The van der Waals surface area contributed by atoms with Gasteiger partial charge in [0.05, 0.1) is 11.0 Å². The molecule has 2 heterocycles. The number of hydrogen-bond donors (Lipinski definition) is 1. The molecule has 0 spiro atoms. The van der Waals surface area contributed by atoms with E-state index in [9.17, 15) is 8.42 Å². The minimum absolute atomic E-state index is 0. The van der Waals surface area contributed by atoms with Crippen LogP contribution in [0.5, 0.6) is 0 Å². The number of oxazole rings is 1. The van der Waals surface area contributed by atoms with Gasteiger partial charge in [-0.05, 0) is 60.8 Å². The molecule has 39 heavy (non-hydrogen) atoms. The second-order valence-electron chi connectivity index (χ2n) is 10.3.